The number of carbonyl (C=O) groups excluding carboxylic acids is 1. The van der Waals surface area contributed by atoms with Gasteiger partial charge in [0.05, 0.1) is 6.04 Å². The summed E-state index contributed by atoms with van der Waals surface area (Å²) in [6.45, 7) is 5.28. The molecule has 0 spiro atoms. The van der Waals surface area contributed by atoms with Crippen LogP contribution in [-0.4, -0.2) is 11.8 Å². The predicted molar refractivity (Wildman–Crippen MR) is 42.7 cm³/mol. The van der Waals surface area contributed by atoms with Crippen LogP contribution in [0.15, 0.2) is 12.7 Å². The Bertz CT molecular complexity index is 118. The van der Waals surface area contributed by atoms with E-state index in [0.29, 0.717) is 6.42 Å². The molecule has 0 aliphatic rings. The van der Waals surface area contributed by atoms with Gasteiger partial charge in [-0.1, -0.05) is 6.08 Å². The fraction of sp³-hybridized carbons (Fsp3) is 0.625. The molecule has 0 rings (SSSR count). The van der Waals surface area contributed by atoms with Gasteiger partial charge in [0.15, 0.2) is 0 Å². The Morgan fingerprint density at radius 3 is 2.80 bits per heavy atom. The van der Waals surface area contributed by atoms with Crippen LogP contribution in [-0.2, 0) is 4.79 Å². The molecule has 0 aliphatic carbocycles. The molecule has 58 valence electrons. The van der Waals surface area contributed by atoms with Gasteiger partial charge in [-0.05, 0) is 19.8 Å². The standard InChI is InChI=1S/C8H15NO/c1-3-4-5-6-8(10)7(2)9/h3,7H,1,4-6,9H2,2H3. The maximum atomic E-state index is 10.9. The Labute approximate surface area is 62.1 Å². The van der Waals surface area contributed by atoms with Crippen molar-refractivity contribution in [2.45, 2.75) is 32.2 Å². The molecule has 1 unspecified atom stereocenters. The van der Waals surface area contributed by atoms with Crippen molar-refractivity contribution in [1.29, 1.82) is 0 Å². The van der Waals surface area contributed by atoms with Crippen molar-refractivity contribution in [3.05, 3.63) is 12.7 Å². The predicted octanol–water partition coefficient (Wildman–Crippen LogP) is 1.26. The average Bonchev–Trinajstić information content (AvgIpc) is 1.88. The molecular weight excluding hydrogens is 126 g/mol. The molecule has 2 nitrogen and oxygen atoms in total. The molecule has 10 heavy (non-hydrogen) atoms. The normalized spacial score (nSPS) is 12.6. The zero-order valence-corrected chi connectivity index (χ0v) is 6.47. The number of allylic oxidation sites excluding steroid dienone is 1. The van der Waals surface area contributed by atoms with E-state index in [1.54, 1.807) is 6.92 Å². The van der Waals surface area contributed by atoms with Crippen molar-refractivity contribution in [2.75, 3.05) is 0 Å². The van der Waals surface area contributed by atoms with Crippen molar-refractivity contribution < 1.29 is 4.79 Å². The van der Waals surface area contributed by atoms with Crippen LogP contribution in [0.5, 0.6) is 0 Å². The van der Waals surface area contributed by atoms with Crippen LogP contribution in [0.2, 0.25) is 0 Å². The van der Waals surface area contributed by atoms with Gasteiger partial charge in [0.1, 0.15) is 5.78 Å². The van der Waals surface area contributed by atoms with Gasteiger partial charge in [0, 0.05) is 6.42 Å². The Hall–Kier alpha value is -0.630. The minimum Gasteiger partial charge on any atom is -0.322 e. The maximum Gasteiger partial charge on any atom is 0.149 e. The van der Waals surface area contributed by atoms with Crippen molar-refractivity contribution in [3.8, 4) is 0 Å². The van der Waals surface area contributed by atoms with E-state index in [1.165, 1.54) is 0 Å². The first-order valence-corrected chi connectivity index (χ1v) is 3.57. The zero-order valence-electron chi connectivity index (χ0n) is 6.47. The second kappa shape index (κ2) is 5.18. The molecule has 0 bridgehead atoms. The van der Waals surface area contributed by atoms with Gasteiger partial charge in [-0.3, -0.25) is 4.79 Å². The molecule has 0 amide bonds. The molecule has 2 N–H and O–H groups in total. The smallest absolute Gasteiger partial charge is 0.149 e. The molecule has 0 saturated carbocycles. The van der Waals surface area contributed by atoms with Gasteiger partial charge in [-0.2, -0.15) is 0 Å². The number of Topliss-reactive ketones (excluding diaryl/α,β-unsaturated/α-hetero) is 1. The number of unbranched alkanes of at least 4 members (excludes halogenated alkanes) is 1. The van der Waals surface area contributed by atoms with Crippen LogP contribution in [0.25, 0.3) is 0 Å². The van der Waals surface area contributed by atoms with E-state index in [0.717, 1.165) is 12.8 Å². The SMILES string of the molecule is C=CCCCC(=O)C(C)N. The third kappa shape index (κ3) is 4.27. The molecule has 0 aromatic heterocycles. The summed E-state index contributed by atoms with van der Waals surface area (Å²) in [4.78, 5) is 10.9. The lowest BCUT2D eigenvalue weighted by Gasteiger charge is -2.01. The monoisotopic (exact) mass is 141 g/mol. The van der Waals surface area contributed by atoms with E-state index >= 15 is 0 Å². The molecule has 2 heteroatoms. The van der Waals surface area contributed by atoms with E-state index in [-0.39, 0.29) is 11.8 Å². The van der Waals surface area contributed by atoms with E-state index in [1.807, 2.05) is 6.08 Å². The van der Waals surface area contributed by atoms with Gasteiger partial charge >= 0.3 is 0 Å². The Balaban J connectivity index is 3.30. The Morgan fingerprint density at radius 2 is 2.40 bits per heavy atom. The van der Waals surface area contributed by atoms with Crippen molar-refractivity contribution in [2.24, 2.45) is 5.73 Å². The number of nitrogens with two attached hydrogens (primary N) is 1. The molecule has 0 aromatic carbocycles. The van der Waals surface area contributed by atoms with Crippen LogP contribution in [0.1, 0.15) is 26.2 Å². The highest BCUT2D eigenvalue weighted by Gasteiger charge is 2.04. The van der Waals surface area contributed by atoms with Crippen molar-refractivity contribution in [3.63, 3.8) is 0 Å². The number of ketones is 1. The highest BCUT2D eigenvalue weighted by Crippen LogP contribution is 1.98. The fourth-order valence-electron chi connectivity index (χ4n) is 0.648. The average molecular weight is 141 g/mol. The van der Waals surface area contributed by atoms with Crippen molar-refractivity contribution in [1.82, 2.24) is 0 Å². The summed E-state index contributed by atoms with van der Waals surface area (Å²) in [6, 6.07) is -0.301. The summed E-state index contributed by atoms with van der Waals surface area (Å²) in [5, 5.41) is 0. The van der Waals surface area contributed by atoms with Gasteiger partial charge < -0.3 is 5.73 Å². The van der Waals surface area contributed by atoms with Crippen LogP contribution >= 0.6 is 0 Å². The second-order valence-corrected chi connectivity index (χ2v) is 2.44. The third-order valence-corrected chi connectivity index (χ3v) is 1.34. The van der Waals surface area contributed by atoms with E-state index in [2.05, 4.69) is 6.58 Å². The maximum absolute atomic E-state index is 10.9. The summed E-state index contributed by atoms with van der Waals surface area (Å²) in [5.41, 5.74) is 5.34. The molecular formula is C8H15NO. The van der Waals surface area contributed by atoms with Gasteiger partial charge in [0.25, 0.3) is 0 Å². The van der Waals surface area contributed by atoms with Crippen LogP contribution in [0.4, 0.5) is 0 Å². The van der Waals surface area contributed by atoms with Crippen LogP contribution in [0, 0.1) is 0 Å². The van der Waals surface area contributed by atoms with Gasteiger partial charge in [-0.25, -0.2) is 0 Å². The number of hydrogen-bond acceptors (Lipinski definition) is 2. The molecule has 1 atom stereocenters. The minimum atomic E-state index is -0.301. The Morgan fingerprint density at radius 1 is 1.80 bits per heavy atom. The fourth-order valence-corrected chi connectivity index (χ4v) is 0.648. The van der Waals surface area contributed by atoms with Crippen molar-refractivity contribution >= 4 is 5.78 Å². The zero-order chi connectivity index (χ0) is 7.98. The largest absolute Gasteiger partial charge is 0.322 e. The number of hydrogen-bond donors (Lipinski definition) is 1. The molecule has 0 fully saturated rings. The molecule has 0 radical (unpaired) electrons. The highest BCUT2D eigenvalue weighted by atomic mass is 16.1. The van der Waals surface area contributed by atoms with Crippen LogP contribution < -0.4 is 5.73 Å². The van der Waals surface area contributed by atoms with E-state index in [9.17, 15) is 4.79 Å². The quantitative estimate of drug-likeness (QED) is 0.462. The summed E-state index contributed by atoms with van der Waals surface area (Å²) in [5.74, 6) is 0.141. The first-order chi connectivity index (χ1) is 4.68. The van der Waals surface area contributed by atoms with Crippen LogP contribution in [0.3, 0.4) is 0 Å². The summed E-state index contributed by atoms with van der Waals surface area (Å²) < 4.78 is 0. The summed E-state index contributed by atoms with van der Waals surface area (Å²) in [6.07, 6.45) is 4.18. The molecule has 0 heterocycles. The topological polar surface area (TPSA) is 43.1 Å². The molecule has 0 aliphatic heterocycles. The number of carbonyl (C=O) groups is 1. The molecule has 0 aromatic rings. The summed E-state index contributed by atoms with van der Waals surface area (Å²) in [7, 11) is 0. The van der Waals surface area contributed by atoms with E-state index in [4.69, 9.17) is 5.73 Å². The summed E-state index contributed by atoms with van der Waals surface area (Å²) >= 11 is 0. The lowest BCUT2D eigenvalue weighted by molar-refractivity contribution is -0.120. The molecule has 0 saturated heterocycles. The first kappa shape index (κ1) is 9.37. The minimum absolute atomic E-state index is 0.141. The second-order valence-electron chi connectivity index (χ2n) is 2.44. The Kier molecular flexibility index (Phi) is 4.85. The highest BCUT2D eigenvalue weighted by molar-refractivity contribution is 5.83. The van der Waals surface area contributed by atoms with E-state index < -0.39 is 0 Å². The lowest BCUT2D eigenvalue weighted by atomic mass is 10.1. The lowest BCUT2D eigenvalue weighted by Crippen LogP contribution is -2.26. The van der Waals surface area contributed by atoms with Gasteiger partial charge in [-0.15, -0.1) is 6.58 Å². The van der Waals surface area contributed by atoms with Gasteiger partial charge in [0.2, 0.25) is 0 Å². The third-order valence-electron chi connectivity index (χ3n) is 1.34. The number of rotatable bonds is 5. The first-order valence-electron chi connectivity index (χ1n) is 3.57.